The smallest absolute Gasteiger partial charge is 0.222 e. The topological polar surface area (TPSA) is 46.3 Å². The summed E-state index contributed by atoms with van der Waals surface area (Å²) in [5, 5.41) is 0. The van der Waals surface area contributed by atoms with Gasteiger partial charge in [-0.05, 0) is 12.3 Å². The summed E-state index contributed by atoms with van der Waals surface area (Å²) in [4.78, 5) is 14.2. The van der Waals surface area contributed by atoms with Gasteiger partial charge in [-0.2, -0.15) is 0 Å². The Bertz CT molecular complexity index is 288. The SMILES string of the molecule is CC(CN(C)C(=O)CCC1CCCCC1)C(N)=S. The fourth-order valence-corrected chi connectivity index (χ4v) is 2.67. The zero-order chi connectivity index (χ0) is 13.5. The van der Waals surface area contributed by atoms with Gasteiger partial charge in [0.25, 0.3) is 0 Å². The molecule has 1 fully saturated rings. The zero-order valence-electron chi connectivity index (χ0n) is 11.7. The second-order valence-electron chi connectivity index (χ2n) is 5.62. The number of thiocarbonyl (C=S) groups is 1. The van der Waals surface area contributed by atoms with Crippen molar-refractivity contribution in [3.05, 3.63) is 0 Å². The van der Waals surface area contributed by atoms with Crippen LogP contribution in [0, 0.1) is 11.8 Å². The molecule has 2 N–H and O–H groups in total. The number of hydrogen-bond donors (Lipinski definition) is 1. The van der Waals surface area contributed by atoms with E-state index < -0.39 is 0 Å². The first-order valence-electron chi connectivity index (χ1n) is 7.04. The Kier molecular flexibility index (Phi) is 6.61. The third-order valence-corrected chi connectivity index (χ3v) is 4.35. The number of carbonyl (C=O) groups excluding carboxylic acids is 1. The average molecular weight is 270 g/mol. The molecule has 1 atom stereocenters. The molecule has 0 bridgehead atoms. The van der Waals surface area contributed by atoms with Gasteiger partial charge in [-0.1, -0.05) is 51.2 Å². The summed E-state index contributed by atoms with van der Waals surface area (Å²) < 4.78 is 0. The van der Waals surface area contributed by atoms with Crippen molar-refractivity contribution < 1.29 is 4.79 Å². The number of nitrogens with zero attached hydrogens (tertiary/aromatic N) is 1. The van der Waals surface area contributed by atoms with E-state index in [0.717, 1.165) is 12.3 Å². The minimum Gasteiger partial charge on any atom is -0.393 e. The van der Waals surface area contributed by atoms with Crippen LogP contribution in [0.15, 0.2) is 0 Å². The molecule has 1 amide bonds. The molecule has 0 saturated heterocycles. The van der Waals surface area contributed by atoms with Crippen LogP contribution in [0.1, 0.15) is 51.9 Å². The number of amides is 1. The van der Waals surface area contributed by atoms with Crippen molar-refractivity contribution in [2.75, 3.05) is 13.6 Å². The monoisotopic (exact) mass is 270 g/mol. The third-order valence-electron chi connectivity index (χ3n) is 3.95. The Labute approximate surface area is 116 Å². The van der Waals surface area contributed by atoms with Gasteiger partial charge in [-0.3, -0.25) is 4.79 Å². The third kappa shape index (κ3) is 5.34. The van der Waals surface area contributed by atoms with Crippen LogP contribution in [0.2, 0.25) is 0 Å². The predicted molar refractivity (Wildman–Crippen MR) is 79.4 cm³/mol. The molecule has 0 radical (unpaired) electrons. The maximum atomic E-state index is 12.0. The summed E-state index contributed by atoms with van der Waals surface area (Å²) in [7, 11) is 1.85. The highest BCUT2D eigenvalue weighted by molar-refractivity contribution is 7.80. The summed E-state index contributed by atoms with van der Waals surface area (Å²) >= 11 is 4.93. The lowest BCUT2D eigenvalue weighted by Gasteiger charge is -2.24. The lowest BCUT2D eigenvalue weighted by Crippen LogP contribution is -2.35. The quantitative estimate of drug-likeness (QED) is 0.755. The highest BCUT2D eigenvalue weighted by Crippen LogP contribution is 2.27. The molecule has 18 heavy (non-hydrogen) atoms. The van der Waals surface area contributed by atoms with E-state index in [9.17, 15) is 4.79 Å². The number of nitrogens with two attached hydrogens (primary N) is 1. The van der Waals surface area contributed by atoms with Gasteiger partial charge in [0.05, 0.1) is 4.99 Å². The minimum absolute atomic E-state index is 0.101. The molecule has 1 saturated carbocycles. The van der Waals surface area contributed by atoms with Crippen LogP contribution in [-0.2, 0) is 4.79 Å². The zero-order valence-corrected chi connectivity index (χ0v) is 12.5. The Hall–Kier alpha value is -0.640. The summed E-state index contributed by atoms with van der Waals surface area (Å²) in [6, 6.07) is 0. The number of rotatable bonds is 6. The molecule has 0 aromatic heterocycles. The second kappa shape index (κ2) is 7.72. The summed E-state index contributed by atoms with van der Waals surface area (Å²) in [6.07, 6.45) is 8.38. The standard InChI is InChI=1S/C14H26N2OS/c1-11(14(15)18)10-16(2)13(17)9-8-12-6-4-3-5-7-12/h11-12H,3-10H2,1-2H3,(H2,15,18). The molecule has 1 rings (SSSR count). The molecule has 0 spiro atoms. The molecular formula is C14H26N2OS. The van der Waals surface area contributed by atoms with E-state index in [1.165, 1.54) is 32.1 Å². The molecule has 104 valence electrons. The van der Waals surface area contributed by atoms with Crippen LogP contribution in [0.4, 0.5) is 0 Å². The molecule has 0 aromatic rings. The van der Waals surface area contributed by atoms with Gasteiger partial charge in [0.15, 0.2) is 0 Å². The van der Waals surface area contributed by atoms with Crippen LogP contribution in [-0.4, -0.2) is 29.4 Å². The van der Waals surface area contributed by atoms with E-state index in [1.54, 1.807) is 4.90 Å². The van der Waals surface area contributed by atoms with Crippen molar-refractivity contribution in [1.82, 2.24) is 4.90 Å². The van der Waals surface area contributed by atoms with Crippen molar-refractivity contribution >= 4 is 23.1 Å². The Morgan fingerprint density at radius 3 is 2.56 bits per heavy atom. The highest BCUT2D eigenvalue weighted by atomic mass is 32.1. The van der Waals surface area contributed by atoms with E-state index in [0.29, 0.717) is 18.0 Å². The van der Waals surface area contributed by atoms with Gasteiger partial charge in [0.1, 0.15) is 0 Å². The van der Waals surface area contributed by atoms with Crippen molar-refractivity contribution in [3.63, 3.8) is 0 Å². The lowest BCUT2D eigenvalue weighted by molar-refractivity contribution is -0.130. The van der Waals surface area contributed by atoms with Crippen LogP contribution >= 0.6 is 12.2 Å². The number of carbonyl (C=O) groups is 1. The van der Waals surface area contributed by atoms with E-state index in [1.807, 2.05) is 14.0 Å². The van der Waals surface area contributed by atoms with E-state index >= 15 is 0 Å². The van der Waals surface area contributed by atoms with Crippen LogP contribution in [0.5, 0.6) is 0 Å². The molecule has 3 nitrogen and oxygen atoms in total. The summed E-state index contributed by atoms with van der Waals surface area (Å²) in [5.41, 5.74) is 5.57. The van der Waals surface area contributed by atoms with Gasteiger partial charge in [0.2, 0.25) is 5.91 Å². The Balaban J connectivity index is 2.24. The first-order valence-corrected chi connectivity index (χ1v) is 7.44. The van der Waals surface area contributed by atoms with Crippen molar-refractivity contribution in [1.29, 1.82) is 0 Å². The van der Waals surface area contributed by atoms with Crippen LogP contribution in [0.25, 0.3) is 0 Å². The summed E-state index contributed by atoms with van der Waals surface area (Å²) in [5.74, 6) is 1.09. The van der Waals surface area contributed by atoms with E-state index in [2.05, 4.69) is 0 Å². The fourth-order valence-electron chi connectivity index (χ4n) is 2.60. The summed E-state index contributed by atoms with van der Waals surface area (Å²) in [6.45, 7) is 2.60. The maximum absolute atomic E-state index is 12.0. The van der Waals surface area contributed by atoms with Gasteiger partial charge < -0.3 is 10.6 Å². The fraction of sp³-hybridized carbons (Fsp3) is 0.857. The normalized spacial score (nSPS) is 18.3. The van der Waals surface area contributed by atoms with Gasteiger partial charge >= 0.3 is 0 Å². The van der Waals surface area contributed by atoms with Gasteiger partial charge in [-0.15, -0.1) is 0 Å². The molecule has 1 aliphatic rings. The largest absolute Gasteiger partial charge is 0.393 e. The van der Waals surface area contributed by atoms with Crippen LogP contribution < -0.4 is 5.73 Å². The molecular weight excluding hydrogens is 244 g/mol. The molecule has 0 aliphatic heterocycles. The van der Waals surface area contributed by atoms with Gasteiger partial charge in [-0.25, -0.2) is 0 Å². The van der Waals surface area contributed by atoms with Gasteiger partial charge in [0, 0.05) is 25.9 Å². The second-order valence-corrected chi connectivity index (χ2v) is 6.09. The van der Waals surface area contributed by atoms with E-state index in [4.69, 9.17) is 18.0 Å². The van der Waals surface area contributed by atoms with Crippen molar-refractivity contribution in [2.45, 2.75) is 51.9 Å². The molecule has 0 heterocycles. The van der Waals surface area contributed by atoms with Crippen molar-refractivity contribution in [3.8, 4) is 0 Å². The van der Waals surface area contributed by atoms with Crippen molar-refractivity contribution in [2.24, 2.45) is 17.6 Å². The molecule has 4 heteroatoms. The Morgan fingerprint density at radius 1 is 1.39 bits per heavy atom. The minimum atomic E-state index is 0.101. The first kappa shape index (κ1) is 15.4. The number of hydrogen-bond acceptors (Lipinski definition) is 2. The highest BCUT2D eigenvalue weighted by Gasteiger charge is 2.18. The first-order chi connectivity index (χ1) is 8.50. The van der Waals surface area contributed by atoms with Crippen LogP contribution in [0.3, 0.4) is 0 Å². The lowest BCUT2D eigenvalue weighted by atomic mass is 9.86. The van der Waals surface area contributed by atoms with E-state index in [-0.39, 0.29) is 11.8 Å². The predicted octanol–water partition coefficient (Wildman–Crippen LogP) is 2.73. The maximum Gasteiger partial charge on any atom is 0.222 e. The molecule has 1 aliphatic carbocycles. The average Bonchev–Trinajstić information content (AvgIpc) is 2.36. The molecule has 0 aromatic carbocycles. The molecule has 1 unspecified atom stereocenters. The Morgan fingerprint density at radius 2 is 2.00 bits per heavy atom.